The lowest BCUT2D eigenvalue weighted by atomic mass is 10.2. The van der Waals surface area contributed by atoms with E-state index < -0.39 is 16.0 Å². The van der Waals surface area contributed by atoms with Gasteiger partial charge in [-0.05, 0) is 17.7 Å². The number of rotatable bonds is 6. The first-order chi connectivity index (χ1) is 9.87. The number of sulfonamides is 1. The summed E-state index contributed by atoms with van der Waals surface area (Å²) in [6.07, 6.45) is 1.33. The van der Waals surface area contributed by atoms with Crippen molar-refractivity contribution in [3.63, 3.8) is 0 Å². The van der Waals surface area contributed by atoms with Crippen LogP contribution in [0.15, 0.2) is 35.5 Å². The van der Waals surface area contributed by atoms with E-state index in [-0.39, 0.29) is 17.9 Å². The fourth-order valence-electron chi connectivity index (χ4n) is 1.67. The van der Waals surface area contributed by atoms with Crippen LogP contribution in [-0.4, -0.2) is 34.3 Å². The van der Waals surface area contributed by atoms with Crippen LogP contribution in [0.1, 0.15) is 11.4 Å². The molecule has 0 spiro atoms. The highest BCUT2D eigenvalue weighted by atomic mass is 32.2. The van der Waals surface area contributed by atoms with Crippen molar-refractivity contribution in [1.82, 2.24) is 19.5 Å². The van der Waals surface area contributed by atoms with E-state index >= 15 is 0 Å². The maximum absolute atomic E-state index is 12.1. The van der Waals surface area contributed by atoms with Crippen molar-refractivity contribution < 1.29 is 18.3 Å². The molecule has 1 aromatic carbocycles. The second-order valence-electron chi connectivity index (χ2n) is 4.37. The molecule has 2 aromatic rings. The zero-order valence-corrected chi connectivity index (χ0v) is 12.0. The SMILES string of the molecule is Cn1cnc(CNS(=O)(=O)c2ccc(CC(=O)O)cc2)n1. The van der Waals surface area contributed by atoms with Crippen LogP contribution in [0.3, 0.4) is 0 Å². The maximum Gasteiger partial charge on any atom is 0.307 e. The van der Waals surface area contributed by atoms with Gasteiger partial charge in [-0.1, -0.05) is 12.1 Å². The molecule has 0 atom stereocenters. The molecule has 9 heteroatoms. The van der Waals surface area contributed by atoms with Crippen LogP contribution in [0.4, 0.5) is 0 Å². The first-order valence-corrected chi connectivity index (χ1v) is 7.50. The molecule has 0 unspecified atom stereocenters. The van der Waals surface area contributed by atoms with E-state index in [0.717, 1.165) is 0 Å². The van der Waals surface area contributed by atoms with Crippen molar-refractivity contribution in [1.29, 1.82) is 0 Å². The van der Waals surface area contributed by atoms with Crippen LogP contribution < -0.4 is 4.72 Å². The first kappa shape index (κ1) is 15.1. The van der Waals surface area contributed by atoms with Gasteiger partial charge in [-0.25, -0.2) is 18.1 Å². The van der Waals surface area contributed by atoms with Crippen LogP contribution in [0.25, 0.3) is 0 Å². The third-order valence-electron chi connectivity index (χ3n) is 2.66. The third kappa shape index (κ3) is 4.10. The molecule has 0 bridgehead atoms. The van der Waals surface area contributed by atoms with Crippen LogP contribution in [-0.2, 0) is 34.8 Å². The summed E-state index contributed by atoms with van der Waals surface area (Å²) >= 11 is 0. The summed E-state index contributed by atoms with van der Waals surface area (Å²) in [5.41, 5.74) is 0.535. The number of nitrogens with one attached hydrogen (secondary N) is 1. The van der Waals surface area contributed by atoms with Gasteiger partial charge < -0.3 is 5.11 Å². The van der Waals surface area contributed by atoms with E-state index in [2.05, 4.69) is 14.8 Å². The van der Waals surface area contributed by atoms with Crippen molar-refractivity contribution in [2.75, 3.05) is 0 Å². The largest absolute Gasteiger partial charge is 0.481 e. The van der Waals surface area contributed by atoms with Crippen LogP contribution in [0.2, 0.25) is 0 Å². The van der Waals surface area contributed by atoms with Crippen molar-refractivity contribution >= 4 is 16.0 Å². The predicted molar refractivity (Wildman–Crippen MR) is 72.8 cm³/mol. The van der Waals surface area contributed by atoms with E-state index in [1.165, 1.54) is 35.3 Å². The topological polar surface area (TPSA) is 114 Å². The van der Waals surface area contributed by atoms with Crippen LogP contribution >= 0.6 is 0 Å². The average Bonchev–Trinajstić information content (AvgIpc) is 2.82. The quantitative estimate of drug-likeness (QED) is 0.771. The zero-order chi connectivity index (χ0) is 15.5. The Labute approximate surface area is 121 Å². The molecule has 0 amide bonds. The molecule has 0 saturated carbocycles. The smallest absolute Gasteiger partial charge is 0.307 e. The standard InChI is InChI=1S/C12H14N4O4S/c1-16-8-13-11(15-16)7-14-21(19,20)10-4-2-9(3-5-10)6-12(17)18/h2-5,8,14H,6-7H2,1H3,(H,17,18). The molecular weight excluding hydrogens is 296 g/mol. The van der Waals surface area contributed by atoms with E-state index in [9.17, 15) is 13.2 Å². The molecule has 112 valence electrons. The van der Waals surface area contributed by atoms with Gasteiger partial charge in [0.1, 0.15) is 6.33 Å². The van der Waals surface area contributed by atoms with Gasteiger partial charge >= 0.3 is 5.97 Å². The lowest BCUT2D eigenvalue weighted by Crippen LogP contribution is -2.24. The summed E-state index contributed by atoms with van der Waals surface area (Å²) < 4.78 is 28.0. The van der Waals surface area contributed by atoms with E-state index in [4.69, 9.17) is 5.11 Å². The summed E-state index contributed by atoms with van der Waals surface area (Å²) in [6.45, 7) is -0.0138. The van der Waals surface area contributed by atoms with Gasteiger partial charge in [0, 0.05) is 7.05 Å². The Morgan fingerprint density at radius 2 is 2.00 bits per heavy atom. The molecule has 21 heavy (non-hydrogen) atoms. The Kier molecular flexibility index (Phi) is 4.34. The molecule has 0 radical (unpaired) electrons. The summed E-state index contributed by atoms with van der Waals surface area (Å²) in [6, 6.07) is 5.68. The summed E-state index contributed by atoms with van der Waals surface area (Å²) in [7, 11) is -1.99. The minimum absolute atomic E-state index is 0.0138. The Balaban J connectivity index is 2.06. The van der Waals surface area contributed by atoms with Gasteiger partial charge in [0.2, 0.25) is 10.0 Å². The van der Waals surface area contributed by atoms with Gasteiger partial charge in [-0.3, -0.25) is 9.48 Å². The van der Waals surface area contributed by atoms with Crippen molar-refractivity contribution in [2.45, 2.75) is 17.9 Å². The molecule has 2 rings (SSSR count). The molecule has 0 aliphatic heterocycles. The number of aromatic nitrogens is 3. The molecule has 1 aromatic heterocycles. The minimum Gasteiger partial charge on any atom is -0.481 e. The first-order valence-electron chi connectivity index (χ1n) is 6.02. The number of carbonyl (C=O) groups is 1. The number of benzene rings is 1. The molecule has 0 aliphatic carbocycles. The van der Waals surface area contributed by atoms with Gasteiger partial charge in [0.25, 0.3) is 0 Å². The molecular formula is C12H14N4O4S. The summed E-state index contributed by atoms with van der Waals surface area (Å²) in [5.74, 6) is -0.603. The highest BCUT2D eigenvalue weighted by Gasteiger charge is 2.15. The van der Waals surface area contributed by atoms with Crippen LogP contribution in [0.5, 0.6) is 0 Å². The van der Waals surface area contributed by atoms with Gasteiger partial charge in [-0.2, -0.15) is 5.10 Å². The minimum atomic E-state index is -3.68. The normalized spacial score (nSPS) is 11.5. The molecule has 8 nitrogen and oxygen atoms in total. The molecule has 0 fully saturated rings. The lowest BCUT2D eigenvalue weighted by Gasteiger charge is -2.05. The van der Waals surface area contributed by atoms with Crippen molar-refractivity contribution in [3.8, 4) is 0 Å². The number of carboxylic acids is 1. The molecule has 0 saturated heterocycles. The second-order valence-corrected chi connectivity index (χ2v) is 6.14. The van der Waals surface area contributed by atoms with Crippen LogP contribution in [0, 0.1) is 0 Å². The maximum atomic E-state index is 12.1. The monoisotopic (exact) mass is 310 g/mol. The number of aliphatic carboxylic acids is 1. The van der Waals surface area contributed by atoms with Gasteiger partial charge in [0.15, 0.2) is 5.82 Å². The Hall–Kier alpha value is -2.26. The number of hydrogen-bond donors (Lipinski definition) is 2. The van der Waals surface area contributed by atoms with Gasteiger partial charge in [-0.15, -0.1) is 0 Å². The summed E-state index contributed by atoms with van der Waals surface area (Å²) in [5, 5.41) is 12.6. The van der Waals surface area contributed by atoms with Crippen molar-refractivity contribution in [3.05, 3.63) is 42.0 Å². The highest BCUT2D eigenvalue weighted by molar-refractivity contribution is 7.89. The number of hydrogen-bond acceptors (Lipinski definition) is 5. The van der Waals surface area contributed by atoms with E-state index in [1.807, 2.05) is 0 Å². The molecule has 0 aliphatic rings. The second kappa shape index (κ2) is 6.02. The molecule has 2 N–H and O–H groups in total. The predicted octanol–water partition coefficient (Wildman–Crippen LogP) is -0.0793. The third-order valence-corrected chi connectivity index (χ3v) is 4.07. The Morgan fingerprint density at radius 1 is 1.33 bits per heavy atom. The summed E-state index contributed by atoms with van der Waals surface area (Å²) in [4.78, 5) is 14.5. The molecule has 1 heterocycles. The Bertz CT molecular complexity index is 737. The fourth-order valence-corrected chi connectivity index (χ4v) is 2.65. The number of aryl methyl sites for hydroxylation is 1. The Morgan fingerprint density at radius 3 is 2.52 bits per heavy atom. The average molecular weight is 310 g/mol. The number of nitrogens with zero attached hydrogens (tertiary/aromatic N) is 3. The highest BCUT2D eigenvalue weighted by Crippen LogP contribution is 2.11. The zero-order valence-electron chi connectivity index (χ0n) is 11.2. The fraction of sp³-hybridized carbons (Fsp3) is 0.250. The lowest BCUT2D eigenvalue weighted by molar-refractivity contribution is -0.136. The van der Waals surface area contributed by atoms with Gasteiger partial charge in [0.05, 0.1) is 17.9 Å². The van der Waals surface area contributed by atoms with E-state index in [0.29, 0.717) is 11.4 Å². The number of carboxylic acid groups (broad SMARTS) is 1. The van der Waals surface area contributed by atoms with E-state index in [1.54, 1.807) is 7.05 Å². The van der Waals surface area contributed by atoms with Crippen molar-refractivity contribution in [2.24, 2.45) is 7.05 Å².